The Hall–Kier alpha value is -0.480. The van der Waals surface area contributed by atoms with Crippen molar-refractivity contribution < 1.29 is 16.8 Å². The van der Waals surface area contributed by atoms with Crippen LogP contribution in [0.3, 0.4) is 0 Å². The van der Waals surface area contributed by atoms with Crippen molar-refractivity contribution in [2.45, 2.75) is 66.3 Å². The summed E-state index contributed by atoms with van der Waals surface area (Å²) in [5, 5.41) is 2.72. The Morgan fingerprint density at radius 3 is 2.48 bits per heavy atom. The Morgan fingerprint density at radius 1 is 1.35 bits per heavy atom. The zero-order chi connectivity index (χ0) is 17.6. The van der Waals surface area contributed by atoms with Crippen LogP contribution < -0.4 is 10.0 Å². The van der Waals surface area contributed by atoms with Crippen LogP contribution in [0.4, 0.5) is 0 Å². The number of rotatable bonds is 4. The minimum atomic E-state index is -3.74. The average Bonchev–Trinajstić information content (AvgIpc) is 2.80. The highest BCUT2D eigenvalue weighted by Crippen LogP contribution is 2.42. The Morgan fingerprint density at radius 2 is 1.96 bits per heavy atom. The van der Waals surface area contributed by atoms with E-state index in [0.717, 1.165) is 11.3 Å². The van der Waals surface area contributed by atoms with Gasteiger partial charge in [-0.25, -0.2) is 21.6 Å². The van der Waals surface area contributed by atoms with E-state index in [9.17, 15) is 16.8 Å². The molecule has 2 atom stereocenters. The fourth-order valence-corrected chi connectivity index (χ4v) is 8.04. The summed E-state index contributed by atoms with van der Waals surface area (Å²) in [5.74, 6) is 0. The van der Waals surface area contributed by atoms with E-state index in [-0.39, 0.29) is 14.5 Å². The van der Waals surface area contributed by atoms with Crippen LogP contribution in [-0.4, -0.2) is 34.2 Å². The van der Waals surface area contributed by atoms with Crippen LogP contribution in [-0.2, 0) is 19.9 Å². The molecule has 2 rings (SSSR count). The maximum Gasteiger partial charge on any atom is 0.250 e. The lowest BCUT2D eigenvalue weighted by Crippen LogP contribution is -2.40. The van der Waals surface area contributed by atoms with Gasteiger partial charge in [0.15, 0.2) is 9.84 Å². The van der Waals surface area contributed by atoms with Crippen LogP contribution in [0, 0.1) is 0 Å². The molecule has 0 radical (unpaired) electrons. The van der Waals surface area contributed by atoms with Crippen molar-refractivity contribution >= 4 is 31.2 Å². The molecule has 0 unspecified atom stereocenters. The van der Waals surface area contributed by atoms with Crippen molar-refractivity contribution in [2.75, 3.05) is 6.54 Å². The van der Waals surface area contributed by atoms with Gasteiger partial charge in [0.25, 0.3) is 10.0 Å². The van der Waals surface area contributed by atoms with Gasteiger partial charge in [0, 0.05) is 17.1 Å². The van der Waals surface area contributed by atoms with Gasteiger partial charge in [-0.1, -0.05) is 6.92 Å². The van der Waals surface area contributed by atoms with Gasteiger partial charge in [-0.2, -0.15) is 0 Å². The standard InChI is InChI=1S/C14H24N2O4S3/c1-6-15-11-7-9(2)22(17,18)13-10(11)8-12(21-13)23(19,20)16-14(3,4)5/h8-9,11,15-16H,6-7H2,1-5H3/t9-,11-/m0/s1. The third kappa shape index (κ3) is 3.79. The largest absolute Gasteiger partial charge is 0.310 e. The van der Waals surface area contributed by atoms with Crippen molar-refractivity contribution in [3.8, 4) is 0 Å². The summed E-state index contributed by atoms with van der Waals surface area (Å²) in [6.45, 7) is 9.55. The molecule has 1 aliphatic rings. The van der Waals surface area contributed by atoms with Gasteiger partial charge in [-0.3, -0.25) is 0 Å². The molecule has 2 heterocycles. The predicted molar refractivity (Wildman–Crippen MR) is 92.1 cm³/mol. The first-order valence-electron chi connectivity index (χ1n) is 7.53. The smallest absolute Gasteiger partial charge is 0.250 e. The molecule has 6 nitrogen and oxygen atoms in total. The summed E-state index contributed by atoms with van der Waals surface area (Å²) < 4.78 is 52.9. The van der Waals surface area contributed by atoms with Crippen molar-refractivity contribution in [1.29, 1.82) is 0 Å². The molecule has 0 aliphatic carbocycles. The fraction of sp³-hybridized carbons (Fsp3) is 0.714. The van der Waals surface area contributed by atoms with E-state index < -0.39 is 30.6 Å². The van der Waals surface area contributed by atoms with Gasteiger partial charge in [0.2, 0.25) is 0 Å². The lowest BCUT2D eigenvalue weighted by atomic mass is 10.1. The number of thiophene rings is 1. The Labute approximate surface area is 142 Å². The van der Waals surface area contributed by atoms with E-state index in [1.807, 2.05) is 6.92 Å². The number of hydrogen-bond donors (Lipinski definition) is 2. The number of fused-ring (bicyclic) bond motifs is 1. The van der Waals surface area contributed by atoms with Crippen molar-refractivity contribution in [1.82, 2.24) is 10.0 Å². The van der Waals surface area contributed by atoms with Crippen LogP contribution in [0.1, 0.15) is 52.6 Å². The highest BCUT2D eigenvalue weighted by Gasteiger charge is 2.39. The predicted octanol–water partition coefficient (Wildman–Crippen LogP) is 2.04. The Balaban J connectivity index is 2.55. The van der Waals surface area contributed by atoms with E-state index in [2.05, 4.69) is 10.0 Å². The topological polar surface area (TPSA) is 92.3 Å². The molecule has 0 saturated carbocycles. The van der Waals surface area contributed by atoms with Crippen LogP contribution in [0.15, 0.2) is 14.5 Å². The molecule has 0 bridgehead atoms. The molecule has 0 saturated heterocycles. The van der Waals surface area contributed by atoms with Crippen LogP contribution in [0.5, 0.6) is 0 Å². The Bertz CT molecular complexity index is 788. The van der Waals surface area contributed by atoms with Crippen molar-refractivity contribution in [3.63, 3.8) is 0 Å². The molecule has 1 aromatic heterocycles. The van der Waals surface area contributed by atoms with Crippen molar-refractivity contribution in [2.24, 2.45) is 0 Å². The van der Waals surface area contributed by atoms with Gasteiger partial charge >= 0.3 is 0 Å². The van der Waals surface area contributed by atoms with Crippen LogP contribution >= 0.6 is 11.3 Å². The molecular formula is C14H24N2O4S3. The number of hydrogen-bond acceptors (Lipinski definition) is 6. The van der Waals surface area contributed by atoms with E-state index in [4.69, 9.17) is 0 Å². The lowest BCUT2D eigenvalue weighted by molar-refractivity contribution is 0.477. The molecule has 132 valence electrons. The van der Waals surface area contributed by atoms with E-state index in [1.165, 1.54) is 6.07 Å². The SMILES string of the molecule is CCN[C@H]1C[C@H](C)S(=O)(=O)c2sc(S(=O)(=O)NC(C)(C)C)cc21. The second-order valence-corrected chi connectivity index (χ2v) is 12.4. The molecule has 1 aromatic rings. The Kier molecular flexibility index (Phi) is 5.01. The molecule has 1 aliphatic heterocycles. The van der Waals surface area contributed by atoms with Crippen LogP contribution in [0.2, 0.25) is 0 Å². The highest BCUT2D eigenvalue weighted by atomic mass is 32.3. The first-order chi connectivity index (χ1) is 10.4. The summed E-state index contributed by atoms with van der Waals surface area (Å²) >= 11 is 0.845. The minimum Gasteiger partial charge on any atom is -0.310 e. The molecule has 0 aromatic carbocycles. The molecule has 0 spiro atoms. The molecule has 23 heavy (non-hydrogen) atoms. The molecule has 0 amide bonds. The zero-order valence-electron chi connectivity index (χ0n) is 14.0. The molecule has 0 fully saturated rings. The monoisotopic (exact) mass is 380 g/mol. The first kappa shape index (κ1) is 18.9. The van der Waals surface area contributed by atoms with E-state index >= 15 is 0 Å². The van der Waals surface area contributed by atoms with Crippen LogP contribution in [0.25, 0.3) is 0 Å². The number of nitrogens with one attached hydrogen (secondary N) is 2. The van der Waals surface area contributed by atoms with Gasteiger partial charge in [-0.05, 0) is 46.7 Å². The second kappa shape index (κ2) is 6.11. The second-order valence-electron chi connectivity index (χ2n) is 6.87. The molecule has 2 N–H and O–H groups in total. The van der Waals surface area contributed by atoms with Gasteiger partial charge in [0.05, 0.1) is 5.25 Å². The first-order valence-corrected chi connectivity index (χ1v) is 11.4. The third-order valence-corrected chi connectivity index (χ3v) is 9.72. The van der Waals surface area contributed by atoms with Gasteiger partial charge < -0.3 is 5.32 Å². The molecule has 9 heteroatoms. The maximum absolute atomic E-state index is 12.5. The quantitative estimate of drug-likeness (QED) is 0.834. The summed E-state index contributed by atoms with van der Waals surface area (Å²) in [6.07, 6.45) is 0.450. The van der Waals surface area contributed by atoms with Gasteiger partial charge in [0.1, 0.15) is 8.42 Å². The summed E-state index contributed by atoms with van der Waals surface area (Å²) in [7, 11) is -7.21. The highest BCUT2D eigenvalue weighted by molar-refractivity contribution is 7.95. The normalized spacial score (nSPS) is 24.4. The zero-order valence-corrected chi connectivity index (χ0v) is 16.5. The average molecular weight is 381 g/mol. The molecular weight excluding hydrogens is 356 g/mol. The maximum atomic E-state index is 12.5. The van der Waals surface area contributed by atoms with E-state index in [1.54, 1.807) is 27.7 Å². The number of sulfone groups is 1. The van der Waals surface area contributed by atoms with E-state index in [0.29, 0.717) is 18.5 Å². The summed E-state index contributed by atoms with van der Waals surface area (Å²) in [4.78, 5) is 0. The lowest BCUT2D eigenvalue weighted by Gasteiger charge is -2.27. The summed E-state index contributed by atoms with van der Waals surface area (Å²) in [6, 6.07) is 1.37. The third-order valence-electron chi connectivity index (χ3n) is 3.59. The van der Waals surface area contributed by atoms with Crippen molar-refractivity contribution in [3.05, 3.63) is 11.6 Å². The van der Waals surface area contributed by atoms with Gasteiger partial charge in [-0.15, -0.1) is 11.3 Å². The summed E-state index contributed by atoms with van der Waals surface area (Å²) in [5.41, 5.74) is -0.0550. The minimum absolute atomic E-state index is 0.0537. The number of sulfonamides is 1. The fourth-order valence-electron chi connectivity index (χ4n) is 2.62.